The Labute approximate surface area is 154 Å². The molecule has 2 unspecified atom stereocenters. The zero-order chi connectivity index (χ0) is 18.7. The smallest absolute Gasteiger partial charge is 0.348 e. The van der Waals surface area contributed by atoms with Crippen LogP contribution in [-0.4, -0.2) is 29.9 Å². The second-order valence-corrected chi connectivity index (χ2v) is 7.52. The molecule has 0 spiro atoms. The molecule has 26 heavy (non-hydrogen) atoms. The van der Waals surface area contributed by atoms with Crippen molar-refractivity contribution in [2.24, 2.45) is 0 Å². The van der Waals surface area contributed by atoms with Gasteiger partial charge in [0.25, 0.3) is 5.91 Å². The summed E-state index contributed by atoms with van der Waals surface area (Å²) in [5, 5.41) is 4.98. The first-order valence-corrected chi connectivity index (χ1v) is 9.50. The van der Waals surface area contributed by atoms with Crippen molar-refractivity contribution in [1.29, 1.82) is 0 Å². The maximum Gasteiger partial charge on any atom is 0.416 e. The Morgan fingerprint density at radius 2 is 1.81 bits per heavy atom. The van der Waals surface area contributed by atoms with E-state index in [0.717, 1.165) is 38.1 Å². The summed E-state index contributed by atoms with van der Waals surface area (Å²) in [5.41, 5.74) is -0.521. The van der Waals surface area contributed by atoms with Gasteiger partial charge in [-0.3, -0.25) is 9.69 Å². The van der Waals surface area contributed by atoms with Crippen molar-refractivity contribution in [2.75, 3.05) is 13.1 Å². The van der Waals surface area contributed by atoms with Gasteiger partial charge in [-0.2, -0.15) is 13.2 Å². The molecule has 1 N–H and O–H groups in total. The lowest BCUT2D eigenvalue weighted by Gasteiger charge is -2.32. The molecule has 2 heterocycles. The number of carbonyl (C=O) groups excluding carboxylic acids is 1. The first kappa shape index (κ1) is 18.9. The van der Waals surface area contributed by atoms with Crippen LogP contribution in [0.1, 0.15) is 46.6 Å². The van der Waals surface area contributed by atoms with Gasteiger partial charge in [-0.15, -0.1) is 11.3 Å². The van der Waals surface area contributed by atoms with Gasteiger partial charge in [0.15, 0.2) is 0 Å². The Morgan fingerprint density at radius 3 is 2.35 bits per heavy atom. The van der Waals surface area contributed by atoms with Crippen LogP contribution in [0, 0.1) is 0 Å². The van der Waals surface area contributed by atoms with Crippen LogP contribution in [0.4, 0.5) is 13.2 Å². The number of alkyl halides is 3. The number of nitrogens with zero attached hydrogens (tertiary/aromatic N) is 1. The van der Waals surface area contributed by atoms with E-state index in [2.05, 4.69) is 16.3 Å². The van der Waals surface area contributed by atoms with E-state index in [1.54, 1.807) is 11.3 Å². The van der Waals surface area contributed by atoms with Crippen molar-refractivity contribution in [3.05, 3.63) is 57.8 Å². The van der Waals surface area contributed by atoms with Crippen molar-refractivity contribution < 1.29 is 18.0 Å². The van der Waals surface area contributed by atoms with Gasteiger partial charge >= 0.3 is 6.18 Å². The molecule has 3 nitrogen and oxygen atoms in total. The summed E-state index contributed by atoms with van der Waals surface area (Å²) in [6, 6.07) is 8.31. The number of nitrogens with one attached hydrogen (secondary N) is 1. The van der Waals surface area contributed by atoms with Crippen LogP contribution in [0.3, 0.4) is 0 Å². The summed E-state index contributed by atoms with van der Waals surface area (Å²) in [5.74, 6) is -0.355. The third kappa shape index (κ3) is 4.27. The Balaban J connectivity index is 1.72. The van der Waals surface area contributed by atoms with E-state index in [0.29, 0.717) is 0 Å². The normalized spacial score (nSPS) is 17.8. The average molecular weight is 382 g/mol. The summed E-state index contributed by atoms with van der Waals surface area (Å²) in [6.45, 7) is 3.93. The summed E-state index contributed by atoms with van der Waals surface area (Å²) >= 11 is 1.66. The van der Waals surface area contributed by atoms with Gasteiger partial charge in [-0.05, 0) is 68.6 Å². The highest BCUT2D eigenvalue weighted by atomic mass is 32.1. The molecule has 1 amide bonds. The third-order valence-electron chi connectivity index (χ3n) is 4.68. The van der Waals surface area contributed by atoms with Crippen molar-refractivity contribution in [1.82, 2.24) is 10.2 Å². The lowest BCUT2D eigenvalue weighted by atomic mass is 10.1. The molecule has 140 valence electrons. The van der Waals surface area contributed by atoms with Gasteiger partial charge in [0.1, 0.15) is 0 Å². The largest absolute Gasteiger partial charge is 0.416 e. The first-order chi connectivity index (χ1) is 12.4. The molecule has 7 heteroatoms. The molecule has 0 aliphatic carbocycles. The molecule has 0 saturated carbocycles. The predicted octanol–water partition coefficient (Wildman–Crippen LogP) is 4.72. The number of carbonyl (C=O) groups is 1. The molecular formula is C19H21F3N2OS. The molecular weight excluding hydrogens is 361 g/mol. The Hall–Kier alpha value is -1.86. The monoisotopic (exact) mass is 382 g/mol. The van der Waals surface area contributed by atoms with E-state index in [1.165, 1.54) is 17.0 Å². The van der Waals surface area contributed by atoms with E-state index in [4.69, 9.17) is 0 Å². The number of benzene rings is 1. The molecule has 0 radical (unpaired) electrons. The van der Waals surface area contributed by atoms with Crippen LogP contribution in [0.25, 0.3) is 0 Å². The van der Waals surface area contributed by atoms with Crippen LogP contribution in [-0.2, 0) is 6.18 Å². The van der Waals surface area contributed by atoms with Gasteiger partial charge in [-0.25, -0.2) is 0 Å². The zero-order valence-electron chi connectivity index (χ0n) is 14.4. The van der Waals surface area contributed by atoms with E-state index in [9.17, 15) is 18.0 Å². The highest BCUT2D eigenvalue weighted by molar-refractivity contribution is 7.10. The van der Waals surface area contributed by atoms with Gasteiger partial charge in [0.2, 0.25) is 0 Å². The average Bonchev–Trinajstić information content (AvgIpc) is 3.29. The van der Waals surface area contributed by atoms with Crippen LogP contribution < -0.4 is 5.32 Å². The Morgan fingerprint density at radius 1 is 1.15 bits per heavy atom. The van der Waals surface area contributed by atoms with Crippen molar-refractivity contribution >= 4 is 17.2 Å². The van der Waals surface area contributed by atoms with E-state index in [-0.39, 0.29) is 23.6 Å². The van der Waals surface area contributed by atoms with Crippen LogP contribution in [0.2, 0.25) is 0 Å². The minimum absolute atomic E-state index is 0.0795. The van der Waals surface area contributed by atoms with Gasteiger partial charge in [-0.1, -0.05) is 6.07 Å². The van der Waals surface area contributed by atoms with Gasteiger partial charge < -0.3 is 5.32 Å². The van der Waals surface area contributed by atoms with Gasteiger partial charge in [0.05, 0.1) is 11.6 Å². The molecule has 3 rings (SSSR count). The quantitative estimate of drug-likeness (QED) is 0.811. The number of thiophene rings is 1. The zero-order valence-corrected chi connectivity index (χ0v) is 15.2. The second kappa shape index (κ2) is 7.80. The lowest BCUT2D eigenvalue weighted by Crippen LogP contribution is -2.43. The maximum atomic E-state index is 12.7. The number of amides is 1. The van der Waals surface area contributed by atoms with Crippen LogP contribution >= 0.6 is 11.3 Å². The van der Waals surface area contributed by atoms with E-state index >= 15 is 0 Å². The number of halogens is 3. The van der Waals surface area contributed by atoms with Crippen molar-refractivity contribution in [3.8, 4) is 0 Å². The first-order valence-electron chi connectivity index (χ1n) is 8.62. The number of hydrogen-bond donors (Lipinski definition) is 1. The van der Waals surface area contributed by atoms with Crippen LogP contribution in [0.5, 0.6) is 0 Å². The fourth-order valence-electron chi connectivity index (χ4n) is 3.40. The minimum atomic E-state index is -4.40. The standard InChI is InChI=1S/C19H21F3N2OS/c1-13(17(16-5-4-12-26-16)24-10-2-3-11-24)23-18(25)14-6-8-15(9-7-14)19(20,21)22/h4-9,12-13,17H,2-3,10-11H2,1H3,(H,23,25). The van der Waals surface area contributed by atoms with Crippen molar-refractivity contribution in [2.45, 2.75) is 38.0 Å². The molecule has 1 aliphatic rings. The topological polar surface area (TPSA) is 32.3 Å². The van der Waals surface area contributed by atoms with E-state index in [1.807, 2.05) is 18.4 Å². The second-order valence-electron chi connectivity index (χ2n) is 6.54. The SMILES string of the molecule is CC(NC(=O)c1ccc(C(F)(F)F)cc1)C(c1cccs1)N1CCCC1. The molecule has 2 aromatic rings. The Bertz CT molecular complexity index is 722. The number of rotatable bonds is 5. The Kier molecular flexibility index (Phi) is 5.67. The highest BCUT2D eigenvalue weighted by Gasteiger charge is 2.32. The van der Waals surface area contributed by atoms with E-state index < -0.39 is 11.7 Å². The van der Waals surface area contributed by atoms with Crippen molar-refractivity contribution in [3.63, 3.8) is 0 Å². The molecule has 1 fully saturated rings. The lowest BCUT2D eigenvalue weighted by molar-refractivity contribution is -0.137. The third-order valence-corrected chi connectivity index (χ3v) is 5.62. The summed E-state index contributed by atoms with van der Waals surface area (Å²) in [4.78, 5) is 16.0. The highest BCUT2D eigenvalue weighted by Crippen LogP contribution is 2.32. The number of hydrogen-bond acceptors (Lipinski definition) is 3. The van der Waals surface area contributed by atoms with Gasteiger partial charge in [0, 0.05) is 16.5 Å². The predicted molar refractivity (Wildman–Crippen MR) is 96.2 cm³/mol. The summed E-state index contributed by atoms with van der Waals surface area (Å²) < 4.78 is 38.0. The fourth-order valence-corrected chi connectivity index (χ4v) is 4.37. The van der Waals surface area contributed by atoms with Crippen LogP contribution in [0.15, 0.2) is 41.8 Å². The fraction of sp³-hybridized carbons (Fsp3) is 0.421. The maximum absolute atomic E-state index is 12.7. The molecule has 1 aromatic carbocycles. The molecule has 0 bridgehead atoms. The molecule has 2 atom stereocenters. The molecule has 1 aromatic heterocycles. The number of likely N-dealkylation sites (tertiary alicyclic amines) is 1. The summed E-state index contributed by atoms with van der Waals surface area (Å²) in [6.07, 6.45) is -2.12. The minimum Gasteiger partial charge on any atom is -0.348 e. The summed E-state index contributed by atoms with van der Waals surface area (Å²) in [7, 11) is 0. The molecule has 1 saturated heterocycles. The molecule has 1 aliphatic heterocycles.